The van der Waals surface area contributed by atoms with Gasteiger partial charge < -0.3 is 0 Å². The lowest BCUT2D eigenvalue weighted by atomic mass is 9.98. The molecule has 0 bridgehead atoms. The van der Waals surface area contributed by atoms with Crippen LogP contribution < -0.4 is 0 Å². The third-order valence-corrected chi connectivity index (χ3v) is 27.8. The van der Waals surface area contributed by atoms with E-state index in [1.54, 1.807) is 0 Å². The Bertz CT molecular complexity index is 9050. The van der Waals surface area contributed by atoms with Gasteiger partial charge >= 0.3 is 0 Å². The molecule has 0 radical (unpaired) electrons. The zero-order valence-electron chi connectivity index (χ0n) is 82.9. The molecule has 150 heavy (non-hydrogen) atoms. The van der Waals surface area contributed by atoms with E-state index in [0.29, 0.717) is 29.1 Å². The second kappa shape index (κ2) is 39.4. The van der Waals surface area contributed by atoms with Gasteiger partial charge in [-0.3, -0.25) is 29.9 Å². The van der Waals surface area contributed by atoms with Crippen molar-refractivity contribution in [2.75, 3.05) is 0 Å². The molecule has 15 aromatic carbocycles. The van der Waals surface area contributed by atoms with Crippen LogP contribution in [-0.4, -0.2) is 79.7 Å². The maximum atomic E-state index is 5.15. The summed E-state index contributed by atoms with van der Waals surface area (Å²) in [5, 5.41) is 9.96. The molecule has 16 heteroatoms. The predicted octanol–water partition coefficient (Wildman–Crippen LogP) is 32.6. The van der Waals surface area contributed by atoms with Gasteiger partial charge in [-0.05, 0) is 160 Å². The quantitative estimate of drug-likeness (QED) is 0.0875. The van der Waals surface area contributed by atoms with Crippen molar-refractivity contribution in [1.82, 2.24) is 79.7 Å². The molecule has 27 rings (SSSR count). The second-order valence-corrected chi connectivity index (χ2v) is 37.9. The fourth-order valence-electron chi connectivity index (χ4n) is 20.1. The van der Waals surface area contributed by atoms with Gasteiger partial charge in [-0.1, -0.05) is 346 Å². The number of rotatable bonds is 15. The van der Waals surface area contributed by atoms with E-state index < -0.39 is 0 Å². The van der Waals surface area contributed by atoms with Gasteiger partial charge in [0.25, 0.3) is 0 Å². The van der Waals surface area contributed by atoms with E-state index in [-0.39, 0.29) is 0 Å². The van der Waals surface area contributed by atoms with Gasteiger partial charge in [-0.15, -0.1) is 0 Å². The van der Waals surface area contributed by atoms with Crippen molar-refractivity contribution >= 4 is 98.1 Å². The number of fused-ring (bicyclic) bond motifs is 12. The summed E-state index contributed by atoms with van der Waals surface area (Å²) in [5.41, 5.74) is 39.4. The summed E-state index contributed by atoms with van der Waals surface area (Å²) in [6.07, 6.45) is 5.53. The summed E-state index contributed by atoms with van der Waals surface area (Å²) >= 11 is 0. The van der Waals surface area contributed by atoms with Crippen LogP contribution in [0.25, 0.3) is 267 Å². The van der Waals surface area contributed by atoms with Crippen LogP contribution in [0.3, 0.4) is 0 Å². The molecule has 708 valence electrons. The van der Waals surface area contributed by atoms with Crippen molar-refractivity contribution in [3.63, 3.8) is 0 Å². The molecule has 0 unspecified atom stereocenters. The third kappa shape index (κ3) is 18.2. The van der Waals surface area contributed by atoms with Crippen LogP contribution in [0.4, 0.5) is 0 Å². The number of aromatic nitrogens is 16. The molecule has 16 nitrogen and oxygen atoms in total. The van der Waals surface area contributed by atoms with Gasteiger partial charge in [-0.25, -0.2) is 49.8 Å². The standard InChI is InChI=1S/2C45H31N5.C44H30N6/c1-28-25-39(48-44-37(28)23-22-33-17-16-29(2)47-43(33)44)30-18-20-31(21-19-30)40-27-41(50-45(49-40)34-9-4-3-5-10-34)36-13-6-12-35(26-36)38-15-7-11-32-14-8-24-46-42(32)38;1-28-25-39(48-44-37(28)23-22-33-17-16-29(2)47-43(33)44)31-18-20-34(21-19-31)45-49-40(30-9-4-3-5-10-30)27-41(50-45)36-13-6-12-35(26-36)38-15-7-11-32-14-8-24-46-42(32)38;1-27-25-38(47-41-36(27)23-22-31-17-16-28(2)46-40(31)41)29-18-20-33(21-19-29)43-48-42(32-9-4-3-5-10-32)49-44(50-43)35-13-6-12-34(26-35)37-15-7-11-30-14-8-24-45-39(30)37/h2*3-27H,1-2H3;3-26H,1-2H3. The Morgan fingerprint density at radius 3 is 0.707 bits per heavy atom. The van der Waals surface area contributed by atoms with Crippen LogP contribution in [0.1, 0.15) is 33.8 Å². The molecule has 0 atom stereocenters. The Morgan fingerprint density at radius 1 is 0.133 bits per heavy atom. The average Bonchev–Trinajstić information content (AvgIpc) is 0.765. The van der Waals surface area contributed by atoms with Crippen molar-refractivity contribution < 1.29 is 0 Å². The lowest BCUT2D eigenvalue weighted by molar-refractivity contribution is 1.07. The lowest BCUT2D eigenvalue weighted by Gasteiger charge is -2.12. The first-order valence-electron chi connectivity index (χ1n) is 50.1. The SMILES string of the molecule is Cc1ccc2ccc3c(C)cc(-c4ccc(-c5cc(-c6cccc(-c7cccc8cccnc78)c6)nc(-c6ccccc6)n5)cc4)nc3c2n1.Cc1ccc2ccc3c(C)cc(-c4ccc(-c5nc(-c6ccccc6)cc(-c6cccc(-c7cccc8cccnc78)c6)n5)cc4)nc3c2n1.Cc1ccc2ccc3c(C)cc(-c4ccc(-c5nc(-c6ccccc6)nc(-c6cccc(-c7cccc8cccnc78)c6)n5)cc4)nc3c2n1. The molecular formula is C134H92N16. The monoisotopic (exact) mass is 1920 g/mol. The number of hydrogen-bond donors (Lipinski definition) is 0. The zero-order chi connectivity index (χ0) is 101. The Balaban J connectivity index is 0.000000116. The van der Waals surface area contributed by atoms with Crippen molar-refractivity contribution in [1.29, 1.82) is 0 Å². The first-order valence-corrected chi connectivity index (χ1v) is 50.1. The maximum absolute atomic E-state index is 5.15. The number of para-hydroxylation sites is 3. The molecule has 0 spiro atoms. The molecule has 0 amide bonds. The lowest BCUT2D eigenvalue weighted by Crippen LogP contribution is -2.00. The van der Waals surface area contributed by atoms with E-state index >= 15 is 0 Å². The van der Waals surface area contributed by atoms with Gasteiger partial charge in [0.05, 0.1) is 89.5 Å². The third-order valence-electron chi connectivity index (χ3n) is 27.8. The Morgan fingerprint density at radius 2 is 0.367 bits per heavy atom. The minimum Gasteiger partial charge on any atom is -0.256 e. The minimum atomic E-state index is 0.603. The molecule has 0 saturated carbocycles. The molecule has 0 aliphatic heterocycles. The summed E-state index contributed by atoms with van der Waals surface area (Å²) < 4.78 is 0. The predicted molar refractivity (Wildman–Crippen MR) is 612 cm³/mol. The smallest absolute Gasteiger partial charge is 0.164 e. The average molecular weight is 1930 g/mol. The Kier molecular flexibility index (Phi) is 24.0. The van der Waals surface area contributed by atoms with Gasteiger partial charge in [0.1, 0.15) is 0 Å². The molecule has 0 aliphatic carbocycles. The van der Waals surface area contributed by atoms with Crippen LogP contribution in [0.2, 0.25) is 0 Å². The number of benzene rings is 15. The highest BCUT2D eigenvalue weighted by atomic mass is 15.0. The number of pyridine rings is 9. The molecule has 0 aliphatic rings. The van der Waals surface area contributed by atoms with Gasteiger partial charge in [0.15, 0.2) is 29.1 Å². The van der Waals surface area contributed by atoms with Crippen LogP contribution in [-0.2, 0) is 0 Å². The number of nitrogens with zero attached hydrogens (tertiary/aromatic N) is 16. The van der Waals surface area contributed by atoms with E-state index in [0.717, 1.165) is 261 Å². The van der Waals surface area contributed by atoms with Crippen LogP contribution in [0.5, 0.6) is 0 Å². The van der Waals surface area contributed by atoms with E-state index in [1.807, 2.05) is 155 Å². The molecular weight excluding hydrogens is 1830 g/mol. The first-order chi connectivity index (χ1) is 73.7. The summed E-state index contributed by atoms with van der Waals surface area (Å²) in [4.78, 5) is 79.4. The molecule has 0 N–H and O–H groups in total. The van der Waals surface area contributed by atoms with Crippen LogP contribution in [0.15, 0.2) is 449 Å². The molecule has 0 saturated heterocycles. The fourth-order valence-corrected chi connectivity index (χ4v) is 20.1. The highest BCUT2D eigenvalue weighted by Gasteiger charge is 2.23. The summed E-state index contributed by atoms with van der Waals surface area (Å²) in [6, 6.07) is 148. The molecule has 12 heterocycles. The summed E-state index contributed by atoms with van der Waals surface area (Å²) in [7, 11) is 0. The first kappa shape index (κ1) is 91.4. The molecule has 12 aromatic heterocycles. The van der Waals surface area contributed by atoms with E-state index in [1.165, 1.54) is 11.1 Å². The van der Waals surface area contributed by atoms with E-state index in [4.69, 9.17) is 74.8 Å². The van der Waals surface area contributed by atoms with E-state index in [9.17, 15) is 0 Å². The minimum absolute atomic E-state index is 0.603. The largest absolute Gasteiger partial charge is 0.256 e. The van der Waals surface area contributed by atoms with Gasteiger partial charge in [0, 0.05) is 168 Å². The molecule has 27 aromatic rings. The van der Waals surface area contributed by atoms with Gasteiger partial charge in [-0.2, -0.15) is 0 Å². The van der Waals surface area contributed by atoms with Crippen LogP contribution >= 0.6 is 0 Å². The fraction of sp³-hybridized carbons (Fsp3) is 0.0448. The normalized spacial score (nSPS) is 11.4. The topological polar surface area (TPSA) is 206 Å². The highest BCUT2D eigenvalue weighted by Crippen LogP contribution is 2.42. The number of aryl methyl sites for hydroxylation is 6. The van der Waals surface area contributed by atoms with Gasteiger partial charge in [0.2, 0.25) is 0 Å². The highest BCUT2D eigenvalue weighted by molar-refractivity contribution is 6.08. The molecule has 0 fully saturated rings. The Hall–Kier alpha value is -19.8. The van der Waals surface area contributed by atoms with Crippen molar-refractivity contribution in [3.8, 4) is 169 Å². The van der Waals surface area contributed by atoms with Crippen molar-refractivity contribution in [2.24, 2.45) is 0 Å². The Labute approximate surface area is 865 Å². The van der Waals surface area contributed by atoms with Crippen molar-refractivity contribution in [2.45, 2.75) is 41.5 Å². The second-order valence-electron chi connectivity index (χ2n) is 37.9. The maximum Gasteiger partial charge on any atom is 0.164 e. The summed E-state index contributed by atoms with van der Waals surface area (Å²) in [6.45, 7) is 12.5. The summed E-state index contributed by atoms with van der Waals surface area (Å²) in [5.74, 6) is 3.17. The number of hydrogen-bond acceptors (Lipinski definition) is 16. The van der Waals surface area contributed by atoms with Crippen LogP contribution in [0, 0.1) is 41.5 Å². The zero-order valence-corrected chi connectivity index (χ0v) is 82.9. The van der Waals surface area contributed by atoms with E-state index in [2.05, 4.69) is 341 Å². The van der Waals surface area contributed by atoms with Crippen molar-refractivity contribution in [3.05, 3.63) is 483 Å².